The molecule has 1 aromatic carbocycles. The van der Waals surface area contributed by atoms with E-state index < -0.39 is 0 Å². The summed E-state index contributed by atoms with van der Waals surface area (Å²) < 4.78 is 3.72. The smallest absolute Gasteiger partial charge is 0.283 e. The van der Waals surface area contributed by atoms with Gasteiger partial charge in [0.2, 0.25) is 18.4 Å². The number of carbonyl (C=O) groups is 1. The maximum atomic E-state index is 11.2. The highest BCUT2D eigenvalue weighted by Gasteiger charge is 2.18. The number of rotatable bonds is 5. The minimum absolute atomic E-state index is 0. The fraction of sp³-hybridized carbons (Fsp3) is 0.105. The highest BCUT2D eigenvalue weighted by molar-refractivity contribution is 7.08. The van der Waals surface area contributed by atoms with Crippen LogP contribution < -0.4 is 39.6 Å². The van der Waals surface area contributed by atoms with Gasteiger partial charge in [-0.15, -0.1) is 0 Å². The van der Waals surface area contributed by atoms with E-state index in [4.69, 9.17) is 10.7 Å². The standard InChI is InChI=1S/C19H17N5OS.HI/c1-13-4-2-3-5-15(13)21-19-18(14-6-9-26-12-14)22-17-11-23(10-16(20)25)7-8-24(17)19;/h2-9,11-12H,10H2,1H3,(H2,20,25);1H. The molecule has 3 aromatic heterocycles. The summed E-state index contributed by atoms with van der Waals surface area (Å²) in [5.41, 5.74) is 10.1. The van der Waals surface area contributed by atoms with E-state index in [1.54, 1.807) is 15.9 Å². The molecule has 0 saturated heterocycles. The number of nitrogens with two attached hydrogens (primary N) is 1. The monoisotopic (exact) mass is 491 g/mol. The van der Waals surface area contributed by atoms with Gasteiger partial charge in [-0.3, -0.25) is 9.20 Å². The van der Waals surface area contributed by atoms with Crippen LogP contribution in [0, 0.1) is 6.92 Å². The van der Waals surface area contributed by atoms with E-state index in [-0.39, 0.29) is 36.4 Å². The molecule has 0 unspecified atom stereocenters. The molecule has 0 aliphatic carbocycles. The quantitative estimate of drug-likeness (QED) is 0.302. The van der Waals surface area contributed by atoms with E-state index in [9.17, 15) is 4.79 Å². The maximum absolute atomic E-state index is 11.2. The molecule has 27 heavy (non-hydrogen) atoms. The second kappa shape index (κ2) is 8.05. The molecule has 8 heteroatoms. The van der Waals surface area contributed by atoms with E-state index in [0.717, 1.165) is 34.0 Å². The molecule has 0 bridgehead atoms. The number of fused-ring (bicyclic) bond motifs is 1. The second-order valence-electron chi connectivity index (χ2n) is 6.06. The normalized spacial score (nSPS) is 10.6. The van der Waals surface area contributed by atoms with E-state index in [1.165, 1.54) is 0 Å². The number of hydrogen-bond donors (Lipinski definition) is 2. The van der Waals surface area contributed by atoms with Gasteiger partial charge in [-0.1, -0.05) is 18.2 Å². The summed E-state index contributed by atoms with van der Waals surface area (Å²) in [6, 6.07) is 10.2. The van der Waals surface area contributed by atoms with Crippen LogP contribution in [0.25, 0.3) is 16.9 Å². The fourth-order valence-electron chi connectivity index (χ4n) is 2.87. The van der Waals surface area contributed by atoms with Crippen LogP contribution in [0.5, 0.6) is 0 Å². The van der Waals surface area contributed by atoms with Crippen LogP contribution in [0.15, 0.2) is 59.7 Å². The van der Waals surface area contributed by atoms with Crippen molar-refractivity contribution in [2.75, 3.05) is 5.32 Å². The number of hydrogen-bond acceptors (Lipinski definition) is 4. The summed E-state index contributed by atoms with van der Waals surface area (Å²) in [4.78, 5) is 16.0. The Kier molecular flexibility index (Phi) is 5.76. The van der Waals surface area contributed by atoms with Gasteiger partial charge in [0, 0.05) is 16.6 Å². The van der Waals surface area contributed by atoms with Crippen LogP contribution in [-0.2, 0) is 11.3 Å². The zero-order valence-electron chi connectivity index (χ0n) is 14.6. The minimum atomic E-state index is -0.387. The number of thiophene rings is 1. The molecule has 1 amide bonds. The number of imidazole rings is 1. The van der Waals surface area contributed by atoms with Gasteiger partial charge in [0.15, 0.2) is 6.20 Å². The molecular weight excluding hydrogens is 473 g/mol. The van der Waals surface area contributed by atoms with E-state index in [1.807, 2.05) is 52.6 Å². The Morgan fingerprint density at radius 3 is 2.85 bits per heavy atom. The highest BCUT2D eigenvalue weighted by atomic mass is 127. The zero-order chi connectivity index (χ0) is 18.1. The number of para-hydroxylation sites is 1. The summed E-state index contributed by atoms with van der Waals surface area (Å²) in [7, 11) is 0. The van der Waals surface area contributed by atoms with E-state index >= 15 is 0 Å². The van der Waals surface area contributed by atoms with Crippen LogP contribution in [0.2, 0.25) is 0 Å². The van der Waals surface area contributed by atoms with Gasteiger partial charge in [0.05, 0.1) is 6.20 Å². The fourth-order valence-corrected chi connectivity index (χ4v) is 3.52. The van der Waals surface area contributed by atoms with Crippen molar-refractivity contribution in [3.8, 4) is 11.3 Å². The van der Waals surface area contributed by atoms with Gasteiger partial charge < -0.3 is 35.0 Å². The third-order valence-corrected chi connectivity index (χ3v) is 4.84. The zero-order valence-corrected chi connectivity index (χ0v) is 17.6. The van der Waals surface area contributed by atoms with Crippen LogP contribution >= 0.6 is 11.3 Å². The number of carbonyl (C=O) groups excluding carboxylic acids is 1. The number of aryl methyl sites for hydroxylation is 1. The Hall–Kier alpha value is -2.46. The molecule has 0 aliphatic rings. The van der Waals surface area contributed by atoms with Crippen LogP contribution in [-0.4, -0.2) is 15.3 Å². The van der Waals surface area contributed by atoms with E-state index in [0.29, 0.717) is 0 Å². The lowest BCUT2D eigenvalue weighted by Crippen LogP contribution is -3.00. The molecule has 0 atom stereocenters. The maximum Gasteiger partial charge on any atom is 0.283 e. The number of aromatic nitrogens is 3. The van der Waals surface area contributed by atoms with Gasteiger partial charge in [0.25, 0.3) is 5.91 Å². The topological polar surface area (TPSA) is 76.3 Å². The average molecular weight is 491 g/mol. The third kappa shape index (κ3) is 3.96. The van der Waals surface area contributed by atoms with Gasteiger partial charge >= 0.3 is 0 Å². The molecule has 4 rings (SSSR count). The summed E-state index contributed by atoms with van der Waals surface area (Å²) in [5, 5.41) is 7.62. The molecule has 138 valence electrons. The third-order valence-electron chi connectivity index (χ3n) is 4.16. The Morgan fingerprint density at radius 2 is 2.15 bits per heavy atom. The minimum Gasteiger partial charge on any atom is -1.00 e. The lowest BCUT2D eigenvalue weighted by Gasteiger charge is -2.10. The molecule has 3 heterocycles. The highest BCUT2D eigenvalue weighted by Crippen LogP contribution is 2.32. The van der Waals surface area contributed by atoms with Crippen molar-refractivity contribution in [2.45, 2.75) is 13.5 Å². The first-order valence-corrected chi connectivity index (χ1v) is 9.11. The Morgan fingerprint density at radius 1 is 1.33 bits per heavy atom. The largest absolute Gasteiger partial charge is 1.00 e. The molecule has 6 nitrogen and oxygen atoms in total. The van der Waals surface area contributed by atoms with Crippen LogP contribution in [0.1, 0.15) is 5.56 Å². The van der Waals surface area contributed by atoms with Gasteiger partial charge in [-0.2, -0.15) is 15.9 Å². The lowest BCUT2D eigenvalue weighted by atomic mass is 10.2. The van der Waals surface area contributed by atoms with Crippen molar-refractivity contribution >= 4 is 34.4 Å². The molecule has 4 aromatic rings. The van der Waals surface area contributed by atoms with E-state index in [2.05, 4.69) is 23.7 Å². The molecular formula is C19H18IN5OS. The predicted molar refractivity (Wildman–Crippen MR) is 102 cm³/mol. The molecule has 0 saturated carbocycles. The number of nitrogens with one attached hydrogen (secondary N) is 1. The molecule has 0 fully saturated rings. The van der Waals surface area contributed by atoms with Gasteiger partial charge in [-0.25, -0.2) is 4.98 Å². The lowest BCUT2D eigenvalue weighted by molar-refractivity contribution is -0.683. The number of nitrogens with zero attached hydrogens (tertiary/aromatic N) is 3. The summed E-state index contributed by atoms with van der Waals surface area (Å²) in [5.74, 6) is 0.501. The van der Waals surface area contributed by atoms with Crippen molar-refractivity contribution in [2.24, 2.45) is 5.73 Å². The summed E-state index contributed by atoms with van der Waals surface area (Å²) >= 11 is 1.63. The number of benzene rings is 1. The Bertz CT molecular complexity index is 1090. The molecule has 0 spiro atoms. The molecule has 3 N–H and O–H groups in total. The van der Waals surface area contributed by atoms with Crippen LogP contribution in [0.4, 0.5) is 11.5 Å². The second-order valence-corrected chi connectivity index (χ2v) is 6.84. The SMILES string of the molecule is Cc1ccccc1Nc1c(-c2ccsc2)nc2c[n+](CC(N)=O)ccn12.[I-]. The predicted octanol–water partition coefficient (Wildman–Crippen LogP) is -0.108. The number of amides is 1. The van der Waals surface area contributed by atoms with Crippen molar-refractivity contribution in [1.82, 2.24) is 9.38 Å². The number of halogens is 1. The van der Waals surface area contributed by atoms with Crippen LogP contribution in [0.3, 0.4) is 0 Å². The van der Waals surface area contributed by atoms with Gasteiger partial charge in [0.1, 0.15) is 11.5 Å². The Labute approximate surface area is 177 Å². The first kappa shape index (κ1) is 19.3. The van der Waals surface area contributed by atoms with Crippen molar-refractivity contribution < 1.29 is 33.3 Å². The summed E-state index contributed by atoms with van der Waals surface area (Å²) in [6.45, 7) is 2.19. The molecule has 0 radical (unpaired) electrons. The van der Waals surface area contributed by atoms with Crippen molar-refractivity contribution in [3.63, 3.8) is 0 Å². The number of primary amides is 1. The van der Waals surface area contributed by atoms with Crippen molar-refractivity contribution in [1.29, 1.82) is 0 Å². The molecule has 0 aliphatic heterocycles. The Balaban J connectivity index is 0.00000210. The first-order valence-electron chi connectivity index (χ1n) is 8.16. The van der Waals surface area contributed by atoms with Crippen molar-refractivity contribution in [3.05, 3.63) is 65.2 Å². The summed E-state index contributed by atoms with van der Waals surface area (Å²) in [6.07, 6.45) is 5.53. The number of anilines is 2. The first-order chi connectivity index (χ1) is 12.6. The van der Waals surface area contributed by atoms with Gasteiger partial charge in [-0.05, 0) is 30.0 Å². The average Bonchev–Trinajstić information content (AvgIpc) is 3.24.